The van der Waals surface area contributed by atoms with E-state index in [4.69, 9.17) is 16.6 Å². The minimum Gasteiger partial charge on any atom is -0.347 e. The second kappa shape index (κ2) is 5.95. The highest BCUT2D eigenvalue weighted by Gasteiger charge is 2.33. The number of hydrogen-bond donors (Lipinski definition) is 0. The van der Waals surface area contributed by atoms with Gasteiger partial charge in [-0.1, -0.05) is 22.9 Å². The molecule has 3 heterocycles. The fraction of sp³-hybridized carbons (Fsp3) is 0.529. The molecule has 1 aromatic heterocycles. The van der Waals surface area contributed by atoms with Crippen LogP contribution < -0.4 is 4.90 Å². The predicted molar refractivity (Wildman–Crippen MR) is 95.5 cm³/mol. The van der Waals surface area contributed by atoms with E-state index in [1.54, 1.807) is 11.3 Å². The van der Waals surface area contributed by atoms with Gasteiger partial charge in [0.1, 0.15) is 0 Å². The van der Waals surface area contributed by atoms with Crippen LogP contribution in [0.2, 0.25) is 5.02 Å². The Bertz CT molecular complexity index is 754. The molecule has 1 amide bonds. The van der Waals surface area contributed by atoms with Gasteiger partial charge >= 0.3 is 0 Å². The molecular formula is C17H20ClN3OS. The third-order valence-electron chi connectivity index (χ3n) is 4.86. The molecule has 0 spiro atoms. The summed E-state index contributed by atoms with van der Waals surface area (Å²) in [5.41, 5.74) is 2.14. The number of carbonyl (C=O) groups excluding carboxylic acids is 1. The summed E-state index contributed by atoms with van der Waals surface area (Å²) in [6, 6.07) is 3.94. The molecule has 2 fully saturated rings. The van der Waals surface area contributed by atoms with Gasteiger partial charge in [0.25, 0.3) is 0 Å². The second-order valence-electron chi connectivity index (χ2n) is 6.53. The fourth-order valence-electron chi connectivity index (χ4n) is 3.61. The Kier molecular flexibility index (Phi) is 3.93. The van der Waals surface area contributed by atoms with Crippen LogP contribution in [0.1, 0.15) is 24.8 Å². The van der Waals surface area contributed by atoms with Crippen LogP contribution >= 0.6 is 22.9 Å². The lowest BCUT2D eigenvalue weighted by molar-refractivity contribution is -0.133. The summed E-state index contributed by atoms with van der Waals surface area (Å²) in [4.78, 5) is 21.6. The van der Waals surface area contributed by atoms with Crippen molar-refractivity contribution in [3.63, 3.8) is 0 Å². The summed E-state index contributed by atoms with van der Waals surface area (Å²) in [5, 5.41) is 1.77. The number of amides is 1. The van der Waals surface area contributed by atoms with Crippen LogP contribution in [0.5, 0.6) is 0 Å². The molecule has 0 radical (unpaired) electrons. The Morgan fingerprint density at radius 1 is 1.30 bits per heavy atom. The van der Waals surface area contributed by atoms with E-state index in [-0.39, 0.29) is 5.92 Å². The molecule has 1 atom stereocenters. The number of likely N-dealkylation sites (tertiary alicyclic amines) is 1. The Hall–Kier alpha value is -1.33. The van der Waals surface area contributed by atoms with Crippen LogP contribution in [0.25, 0.3) is 10.2 Å². The van der Waals surface area contributed by atoms with Crippen molar-refractivity contribution in [3.8, 4) is 0 Å². The predicted octanol–water partition coefficient (Wildman–Crippen LogP) is 3.71. The van der Waals surface area contributed by atoms with E-state index in [9.17, 15) is 4.79 Å². The number of rotatable bonds is 2. The molecule has 4 rings (SSSR count). The van der Waals surface area contributed by atoms with Crippen LogP contribution in [-0.4, -0.2) is 42.0 Å². The molecule has 2 aliphatic rings. The van der Waals surface area contributed by atoms with Gasteiger partial charge in [0.2, 0.25) is 5.91 Å². The number of carbonyl (C=O) groups is 1. The third kappa shape index (κ3) is 2.81. The second-order valence-corrected chi connectivity index (χ2v) is 7.98. The van der Waals surface area contributed by atoms with Crippen LogP contribution in [0.3, 0.4) is 0 Å². The van der Waals surface area contributed by atoms with Crippen molar-refractivity contribution in [2.24, 2.45) is 5.92 Å². The molecule has 0 bridgehead atoms. The van der Waals surface area contributed by atoms with Crippen LogP contribution in [0, 0.1) is 12.8 Å². The van der Waals surface area contributed by atoms with Gasteiger partial charge in [0.05, 0.1) is 16.1 Å². The smallest absolute Gasteiger partial charge is 0.227 e. The van der Waals surface area contributed by atoms with Gasteiger partial charge in [0, 0.05) is 31.2 Å². The molecule has 23 heavy (non-hydrogen) atoms. The Morgan fingerprint density at radius 3 is 2.87 bits per heavy atom. The molecule has 4 nitrogen and oxygen atoms in total. The first-order chi connectivity index (χ1) is 11.1. The van der Waals surface area contributed by atoms with Gasteiger partial charge in [-0.2, -0.15) is 0 Å². The van der Waals surface area contributed by atoms with Crippen LogP contribution in [0.15, 0.2) is 12.1 Å². The average molecular weight is 350 g/mol. The van der Waals surface area contributed by atoms with Crippen molar-refractivity contribution in [2.45, 2.75) is 26.2 Å². The maximum absolute atomic E-state index is 12.6. The molecule has 0 N–H and O–H groups in total. The number of aromatic nitrogens is 1. The lowest BCUT2D eigenvalue weighted by Crippen LogP contribution is -2.35. The summed E-state index contributed by atoms with van der Waals surface area (Å²) < 4.78 is 1.12. The number of benzene rings is 1. The van der Waals surface area contributed by atoms with Crippen molar-refractivity contribution < 1.29 is 4.79 Å². The Balaban J connectivity index is 1.53. The van der Waals surface area contributed by atoms with E-state index in [2.05, 4.69) is 4.90 Å². The van der Waals surface area contributed by atoms with E-state index in [1.165, 1.54) is 0 Å². The van der Waals surface area contributed by atoms with Crippen molar-refractivity contribution in [1.29, 1.82) is 0 Å². The quantitative estimate of drug-likeness (QED) is 0.829. The van der Waals surface area contributed by atoms with E-state index in [1.807, 2.05) is 24.0 Å². The average Bonchev–Trinajstić information content (AvgIpc) is 3.25. The van der Waals surface area contributed by atoms with Gasteiger partial charge in [-0.15, -0.1) is 0 Å². The van der Waals surface area contributed by atoms with Gasteiger partial charge in [-0.3, -0.25) is 4.79 Å². The summed E-state index contributed by atoms with van der Waals surface area (Å²) in [6.07, 6.45) is 3.24. The SMILES string of the molecule is Cc1cc(Cl)cc2sc(N3CCC(C(=O)N4CCCC4)C3)nc12. The fourth-order valence-corrected chi connectivity index (χ4v) is 5.06. The summed E-state index contributed by atoms with van der Waals surface area (Å²) in [6.45, 7) is 5.63. The summed E-state index contributed by atoms with van der Waals surface area (Å²) >= 11 is 7.82. The number of halogens is 1. The summed E-state index contributed by atoms with van der Waals surface area (Å²) in [7, 11) is 0. The highest BCUT2D eigenvalue weighted by molar-refractivity contribution is 7.22. The highest BCUT2D eigenvalue weighted by Crippen LogP contribution is 2.35. The number of hydrogen-bond acceptors (Lipinski definition) is 4. The first kappa shape index (κ1) is 15.2. The maximum Gasteiger partial charge on any atom is 0.227 e. The van der Waals surface area contributed by atoms with Crippen molar-refractivity contribution >= 4 is 44.2 Å². The van der Waals surface area contributed by atoms with E-state index in [0.29, 0.717) is 5.91 Å². The first-order valence-corrected chi connectivity index (χ1v) is 9.42. The maximum atomic E-state index is 12.6. The molecule has 0 aliphatic carbocycles. The molecule has 2 aliphatic heterocycles. The molecule has 6 heteroatoms. The topological polar surface area (TPSA) is 36.4 Å². The molecule has 1 aromatic carbocycles. The number of nitrogens with zero attached hydrogens (tertiary/aromatic N) is 3. The van der Waals surface area contributed by atoms with Gasteiger partial charge in [-0.25, -0.2) is 4.98 Å². The number of fused-ring (bicyclic) bond motifs is 1. The van der Waals surface area contributed by atoms with Crippen molar-refractivity contribution in [2.75, 3.05) is 31.1 Å². The molecular weight excluding hydrogens is 330 g/mol. The van der Waals surface area contributed by atoms with Crippen molar-refractivity contribution in [3.05, 3.63) is 22.7 Å². The first-order valence-electron chi connectivity index (χ1n) is 8.22. The summed E-state index contributed by atoms with van der Waals surface area (Å²) in [5.74, 6) is 0.468. The Morgan fingerprint density at radius 2 is 2.09 bits per heavy atom. The highest BCUT2D eigenvalue weighted by atomic mass is 35.5. The van der Waals surface area contributed by atoms with E-state index < -0.39 is 0 Å². The zero-order valence-electron chi connectivity index (χ0n) is 13.2. The zero-order chi connectivity index (χ0) is 16.0. The van der Waals surface area contributed by atoms with Crippen LogP contribution in [0.4, 0.5) is 5.13 Å². The Labute approximate surface area is 145 Å². The monoisotopic (exact) mass is 349 g/mol. The van der Waals surface area contributed by atoms with Crippen LogP contribution in [-0.2, 0) is 4.79 Å². The lowest BCUT2D eigenvalue weighted by Gasteiger charge is -2.20. The minimum atomic E-state index is 0.129. The zero-order valence-corrected chi connectivity index (χ0v) is 14.8. The van der Waals surface area contributed by atoms with Gasteiger partial charge < -0.3 is 9.80 Å². The lowest BCUT2D eigenvalue weighted by atomic mass is 10.1. The van der Waals surface area contributed by atoms with Gasteiger partial charge in [-0.05, 0) is 43.9 Å². The van der Waals surface area contributed by atoms with Crippen molar-refractivity contribution in [1.82, 2.24) is 9.88 Å². The molecule has 1 unspecified atom stereocenters. The number of anilines is 1. The normalized spacial score (nSPS) is 21.6. The third-order valence-corrected chi connectivity index (χ3v) is 6.15. The van der Waals surface area contributed by atoms with E-state index >= 15 is 0 Å². The largest absolute Gasteiger partial charge is 0.347 e. The molecule has 2 saturated heterocycles. The number of thiazole rings is 1. The van der Waals surface area contributed by atoms with E-state index in [0.717, 1.165) is 71.4 Å². The number of aryl methyl sites for hydroxylation is 1. The van der Waals surface area contributed by atoms with Gasteiger partial charge in [0.15, 0.2) is 5.13 Å². The molecule has 122 valence electrons. The standard InChI is InChI=1S/C17H20ClN3OS/c1-11-8-13(18)9-14-15(11)19-17(23-14)21-7-4-12(10-21)16(22)20-5-2-3-6-20/h8-9,12H,2-7,10H2,1H3. The minimum absolute atomic E-state index is 0.129. The molecule has 2 aromatic rings. The molecule has 0 saturated carbocycles.